The molecular formula is C42H42N4O4. The number of ether oxygens (including phenoxy) is 2. The first-order chi connectivity index (χ1) is 23.8. The van der Waals surface area contributed by atoms with Crippen molar-refractivity contribution in [2.75, 3.05) is 0 Å². The molecule has 0 aliphatic carbocycles. The van der Waals surface area contributed by atoms with Gasteiger partial charge in [-0.2, -0.15) is 0 Å². The van der Waals surface area contributed by atoms with E-state index >= 15 is 0 Å². The number of benzene rings is 5. The van der Waals surface area contributed by atoms with E-state index in [0.717, 1.165) is 43.6 Å². The Bertz CT molecular complexity index is 2300. The summed E-state index contributed by atoms with van der Waals surface area (Å²) in [5.74, 6) is 1.02. The fourth-order valence-corrected chi connectivity index (χ4v) is 6.41. The van der Waals surface area contributed by atoms with Gasteiger partial charge in [0.05, 0.1) is 44.0 Å². The number of imidazole rings is 2. The van der Waals surface area contributed by atoms with Crippen molar-refractivity contribution in [2.24, 2.45) is 10.8 Å². The maximum absolute atomic E-state index is 13.6. The lowest BCUT2D eigenvalue weighted by atomic mass is 9.97. The molecule has 254 valence electrons. The molecule has 0 aliphatic rings. The third-order valence-electron chi connectivity index (χ3n) is 9.09. The van der Waals surface area contributed by atoms with Crippen LogP contribution in [-0.4, -0.2) is 31.0 Å². The van der Waals surface area contributed by atoms with Gasteiger partial charge in [0.15, 0.2) is 0 Å². The summed E-state index contributed by atoms with van der Waals surface area (Å²) in [7, 11) is 0. The van der Waals surface area contributed by atoms with E-state index in [1.54, 1.807) is 12.1 Å². The Morgan fingerprint density at radius 3 is 1.32 bits per heavy atom. The summed E-state index contributed by atoms with van der Waals surface area (Å²) in [6.07, 6.45) is 0. The van der Waals surface area contributed by atoms with Crippen LogP contribution < -0.4 is 9.47 Å². The third kappa shape index (κ3) is 5.58. The quantitative estimate of drug-likeness (QED) is 0.130. The molecule has 0 amide bonds. The summed E-state index contributed by atoms with van der Waals surface area (Å²) >= 11 is 0. The second-order valence-corrected chi connectivity index (χ2v) is 14.8. The average Bonchev–Trinajstić information content (AvgIpc) is 3.66. The topological polar surface area (TPSA) is 88.2 Å². The highest BCUT2D eigenvalue weighted by Gasteiger charge is 2.31. The van der Waals surface area contributed by atoms with Crippen LogP contribution in [0.2, 0.25) is 0 Å². The van der Waals surface area contributed by atoms with E-state index in [-0.39, 0.29) is 0 Å². The molecule has 2 heterocycles. The van der Waals surface area contributed by atoms with Gasteiger partial charge in [0, 0.05) is 23.9 Å². The zero-order valence-corrected chi connectivity index (χ0v) is 29.9. The van der Waals surface area contributed by atoms with Crippen molar-refractivity contribution in [3.63, 3.8) is 0 Å². The summed E-state index contributed by atoms with van der Waals surface area (Å²) in [6, 6.07) is 28.2. The monoisotopic (exact) mass is 666 g/mol. The Morgan fingerprint density at radius 2 is 0.960 bits per heavy atom. The molecule has 8 nitrogen and oxygen atoms in total. The molecule has 0 N–H and O–H groups in total. The molecule has 0 bridgehead atoms. The number of nitrogens with zero attached hydrogens (tertiary/aromatic N) is 4. The van der Waals surface area contributed by atoms with Crippen molar-refractivity contribution in [1.29, 1.82) is 0 Å². The number of carbonyl (C=O) groups excluding carboxylic acids is 2. The first-order valence-electron chi connectivity index (χ1n) is 17.2. The molecular weight excluding hydrogens is 624 g/mol. The minimum atomic E-state index is -0.786. The van der Waals surface area contributed by atoms with Crippen molar-refractivity contribution in [3.05, 3.63) is 84.9 Å². The predicted octanol–water partition coefficient (Wildman–Crippen LogP) is 9.97. The van der Waals surface area contributed by atoms with Gasteiger partial charge in [-0.15, -0.1) is 0 Å². The van der Waals surface area contributed by atoms with E-state index in [1.807, 2.05) is 77.9 Å². The minimum absolute atomic E-state index is 0.310. The normalized spacial score (nSPS) is 12.3. The number of fused-ring (bicyclic) bond motifs is 6. The third-order valence-corrected chi connectivity index (χ3v) is 9.09. The van der Waals surface area contributed by atoms with E-state index in [2.05, 4.69) is 59.4 Å². The van der Waals surface area contributed by atoms with Crippen LogP contribution in [0.4, 0.5) is 0 Å². The lowest BCUT2D eigenvalue weighted by molar-refractivity contribution is -0.143. The zero-order valence-electron chi connectivity index (χ0n) is 29.9. The molecule has 0 fully saturated rings. The van der Waals surface area contributed by atoms with Crippen LogP contribution in [0.1, 0.15) is 55.4 Å². The molecule has 0 saturated heterocycles. The van der Waals surface area contributed by atoms with Crippen LogP contribution in [-0.2, 0) is 22.7 Å². The van der Waals surface area contributed by atoms with E-state index in [0.29, 0.717) is 47.4 Å². The molecule has 50 heavy (non-hydrogen) atoms. The van der Waals surface area contributed by atoms with Gasteiger partial charge >= 0.3 is 11.9 Å². The number of hydrogen-bond acceptors (Lipinski definition) is 6. The van der Waals surface area contributed by atoms with Gasteiger partial charge < -0.3 is 18.6 Å². The Kier molecular flexibility index (Phi) is 8.01. The maximum Gasteiger partial charge on any atom is 0.316 e. The number of carbonyl (C=O) groups is 2. The number of hydrogen-bond donors (Lipinski definition) is 0. The van der Waals surface area contributed by atoms with Crippen molar-refractivity contribution < 1.29 is 19.1 Å². The van der Waals surface area contributed by atoms with Gasteiger partial charge in [-0.05, 0) is 90.4 Å². The molecule has 0 aliphatic heterocycles. The van der Waals surface area contributed by atoms with E-state index < -0.39 is 22.8 Å². The van der Waals surface area contributed by atoms with E-state index in [4.69, 9.17) is 19.4 Å². The van der Waals surface area contributed by atoms with Gasteiger partial charge in [-0.25, -0.2) is 9.97 Å². The fraction of sp³-hybridized carbons (Fsp3) is 0.286. The summed E-state index contributed by atoms with van der Waals surface area (Å²) in [5.41, 5.74) is 3.08. The number of rotatable bonds is 6. The van der Waals surface area contributed by atoms with Crippen molar-refractivity contribution in [2.45, 2.75) is 68.5 Å². The molecule has 0 atom stereocenters. The predicted molar refractivity (Wildman–Crippen MR) is 200 cm³/mol. The average molecular weight is 667 g/mol. The SMILES string of the molecule is CCn1c(-c2cc(OC(=O)C(C)(C)C)c(-c3nc4ccc5ccccc5c4n3CC)cc2OC(=O)C(C)(C)C)nc2ccc3ccccc3c21. The molecule has 7 aromatic rings. The summed E-state index contributed by atoms with van der Waals surface area (Å²) in [5, 5.41) is 4.33. The van der Waals surface area contributed by atoms with E-state index in [9.17, 15) is 9.59 Å². The second kappa shape index (κ2) is 12.1. The number of aryl methyl sites for hydroxylation is 2. The van der Waals surface area contributed by atoms with Crippen LogP contribution in [0.15, 0.2) is 84.9 Å². The van der Waals surface area contributed by atoms with Gasteiger partial charge in [-0.3, -0.25) is 9.59 Å². The Morgan fingerprint density at radius 1 is 0.580 bits per heavy atom. The van der Waals surface area contributed by atoms with Crippen molar-refractivity contribution in [1.82, 2.24) is 19.1 Å². The van der Waals surface area contributed by atoms with Crippen LogP contribution in [0.25, 0.3) is 66.4 Å². The number of esters is 2. The van der Waals surface area contributed by atoms with Crippen LogP contribution in [0.3, 0.4) is 0 Å². The smallest absolute Gasteiger partial charge is 0.316 e. The van der Waals surface area contributed by atoms with Gasteiger partial charge in [0.25, 0.3) is 0 Å². The Hall–Kier alpha value is -5.50. The standard InChI is InChI=1S/C42H42N4O4/c1-9-45-35-27-17-13-11-15-25(27)19-21-31(35)43-37(45)29-23-34(50-40(48)42(6,7)8)30(24-33(29)49-39(47)41(3,4)5)38-44-32-22-20-26-16-12-14-18-28(26)36(32)46(38)10-2/h11-24H,9-10H2,1-8H3. The molecule has 7 rings (SSSR count). The molecule has 8 heteroatoms. The lowest BCUT2D eigenvalue weighted by Crippen LogP contribution is -2.27. The fourth-order valence-electron chi connectivity index (χ4n) is 6.41. The first-order valence-corrected chi connectivity index (χ1v) is 17.2. The highest BCUT2D eigenvalue weighted by atomic mass is 16.5. The van der Waals surface area contributed by atoms with Gasteiger partial charge in [0.2, 0.25) is 0 Å². The summed E-state index contributed by atoms with van der Waals surface area (Å²) < 4.78 is 16.8. The molecule has 0 spiro atoms. The minimum Gasteiger partial charge on any atom is -0.425 e. The molecule has 2 aromatic heterocycles. The molecule has 0 saturated carbocycles. The van der Waals surface area contributed by atoms with Gasteiger partial charge in [0.1, 0.15) is 23.1 Å². The molecule has 5 aromatic carbocycles. The Labute approximate surface area is 291 Å². The van der Waals surface area contributed by atoms with Crippen LogP contribution in [0, 0.1) is 10.8 Å². The molecule has 0 radical (unpaired) electrons. The molecule has 0 unspecified atom stereocenters. The summed E-state index contributed by atoms with van der Waals surface area (Å²) in [6.45, 7) is 16.3. The van der Waals surface area contributed by atoms with Gasteiger partial charge in [-0.1, -0.05) is 60.7 Å². The second-order valence-electron chi connectivity index (χ2n) is 14.8. The van der Waals surface area contributed by atoms with E-state index in [1.165, 1.54) is 0 Å². The highest BCUT2D eigenvalue weighted by molar-refractivity contribution is 6.07. The summed E-state index contributed by atoms with van der Waals surface area (Å²) in [4.78, 5) is 37.5. The van der Waals surface area contributed by atoms with Crippen LogP contribution in [0.5, 0.6) is 11.5 Å². The maximum atomic E-state index is 13.6. The highest BCUT2D eigenvalue weighted by Crippen LogP contribution is 2.44. The Balaban J connectivity index is 1.56. The zero-order chi connectivity index (χ0) is 35.5. The largest absolute Gasteiger partial charge is 0.425 e. The first kappa shape index (κ1) is 33.0. The number of aromatic nitrogens is 4. The van der Waals surface area contributed by atoms with Crippen molar-refractivity contribution >= 4 is 55.6 Å². The lowest BCUT2D eigenvalue weighted by Gasteiger charge is -2.22. The van der Waals surface area contributed by atoms with Crippen LogP contribution >= 0.6 is 0 Å². The van der Waals surface area contributed by atoms with Crippen molar-refractivity contribution in [3.8, 4) is 34.3 Å².